The van der Waals surface area contributed by atoms with Crippen LogP contribution in [0.3, 0.4) is 0 Å². The third-order valence-electron chi connectivity index (χ3n) is 2.69. The van der Waals surface area contributed by atoms with Gasteiger partial charge in [0.1, 0.15) is 11.4 Å². The number of ether oxygens (including phenoxy) is 2. The predicted molar refractivity (Wildman–Crippen MR) is 76.3 cm³/mol. The van der Waals surface area contributed by atoms with Crippen LogP contribution in [0.5, 0.6) is 5.75 Å². The monoisotopic (exact) mass is 277 g/mol. The first-order valence-electron chi connectivity index (χ1n) is 5.85. The van der Waals surface area contributed by atoms with Gasteiger partial charge in [-0.05, 0) is 29.4 Å². The molecule has 0 bridgehead atoms. The second-order valence-corrected chi connectivity index (χ2v) is 4.70. The van der Waals surface area contributed by atoms with Crippen molar-refractivity contribution in [1.29, 1.82) is 0 Å². The highest BCUT2D eigenvalue weighted by Crippen LogP contribution is 2.26. The zero-order valence-corrected chi connectivity index (χ0v) is 11.7. The van der Waals surface area contributed by atoms with E-state index in [1.807, 2.05) is 17.7 Å². The van der Waals surface area contributed by atoms with E-state index in [1.54, 1.807) is 17.8 Å². The molecule has 0 radical (unpaired) electrons. The molecule has 1 aromatic rings. The van der Waals surface area contributed by atoms with Gasteiger partial charge in [0.05, 0.1) is 19.3 Å². The predicted octanol–water partition coefficient (Wildman–Crippen LogP) is 2.91. The van der Waals surface area contributed by atoms with Crippen LogP contribution >= 0.6 is 11.8 Å². The van der Waals surface area contributed by atoms with Crippen molar-refractivity contribution in [1.82, 2.24) is 4.98 Å². The Labute approximate surface area is 116 Å². The highest BCUT2D eigenvalue weighted by molar-refractivity contribution is 8.01. The Bertz CT molecular complexity index is 537. The lowest BCUT2D eigenvalue weighted by atomic mass is 10.1. The summed E-state index contributed by atoms with van der Waals surface area (Å²) in [5.41, 5.74) is 2.30. The molecule has 100 valence electrons. The molecule has 0 aromatic carbocycles. The molecule has 0 unspecified atom stereocenters. The van der Waals surface area contributed by atoms with Crippen LogP contribution in [0.4, 0.5) is 0 Å². The summed E-state index contributed by atoms with van der Waals surface area (Å²) in [6.45, 7) is 0.573. The van der Waals surface area contributed by atoms with Crippen LogP contribution in [0.15, 0.2) is 29.3 Å². The number of aromatic nitrogens is 1. The molecule has 1 aliphatic heterocycles. The van der Waals surface area contributed by atoms with Gasteiger partial charge in [-0.25, -0.2) is 4.79 Å². The van der Waals surface area contributed by atoms with Crippen LogP contribution < -0.4 is 4.74 Å². The minimum absolute atomic E-state index is 0.401. The highest BCUT2D eigenvalue weighted by atomic mass is 32.2. The van der Waals surface area contributed by atoms with Gasteiger partial charge < -0.3 is 9.47 Å². The summed E-state index contributed by atoms with van der Waals surface area (Å²) in [5, 5.41) is 2.03. The first-order valence-corrected chi connectivity index (χ1v) is 7.14. The summed E-state index contributed by atoms with van der Waals surface area (Å²) in [7, 11) is 1.35. The number of allylic oxidation sites excluding steroid dienone is 1. The lowest BCUT2D eigenvalue weighted by molar-refractivity contribution is 0.0599. The van der Waals surface area contributed by atoms with Gasteiger partial charge in [0, 0.05) is 12.6 Å². The number of pyridine rings is 1. The van der Waals surface area contributed by atoms with Gasteiger partial charge in [0.2, 0.25) is 0 Å². The third kappa shape index (κ3) is 3.38. The van der Waals surface area contributed by atoms with Crippen molar-refractivity contribution in [3.63, 3.8) is 0 Å². The summed E-state index contributed by atoms with van der Waals surface area (Å²) in [5.74, 6) is 0.213. The molecule has 2 heterocycles. The molecule has 0 atom stereocenters. The van der Waals surface area contributed by atoms with E-state index in [1.165, 1.54) is 13.3 Å². The molecule has 0 aliphatic carbocycles. The molecule has 1 aliphatic rings. The molecule has 5 heteroatoms. The van der Waals surface area contributed by atoms with Crippen LogP contribution in [0.25, 0.3) is 6.08 Å². The Morgan fingerprint density at radius 2 is 2.42 bits per heavy atom. The van der Waals surface area contributed by atoms with Crippen molar-refractivity contribution in [2.24, 2.45) is 0 Å². The topological polar surface area (TPSA) is 48.4 Å². The second-order valence-electron chi connectivity index (χ2n) is 3.96. The SMILES string of the molecule is COC(=O)c1cnc2c(c1)OCCC(/C=C\SC)=C2. The van der Waals surface area contributed by atoms with Crippen molar-refractivity contribution in [3.05, 3.63) is 40.6 Å². The smallest absolute Gasteiger partial charge is 0.339 e. The third-order valence-corrected chi connectivity index (χ3v) is 3.10. The molecule has 2 rings (SSSR count). The average Bonchev–Trinajstić information content (AvgIpc) is 2.65. The van der Waals surface area contributed by atoms with Gasteiger partial charge >= 0.3 is 5.97 Å². The van der Waals surface area contributed by atoms with Gasteiger partial charge in [-0.15, -0.1) is 11.8 Å². The number of esters is 1. The quantitative estimate of drug-likeness (QED) is 0.795. The van der Waals surface area contributed by atoms with Gasteiger partial charge in [-0.2, -0.15) is 0 Å². The van der Waals surface area contributed by atoms with Crippen molar-refractivity contribution in [3.8, 4) is 5.75 Å². The first-order chi connectivity index (χ1) is 9.24. The minimum atomic E-state index is -0.408. The normalized spacial score (nSPS) is 14.3. The number of rotatable bonds is 3. The van der Waals surface area contributed by atoms with E-state index < -0.39 is 5.97 Å². The molecule has 0 N–H and O–H groups in total. The standard InChI is InChI=1S/C14H15NO3S/c1-17-14(16)11-8-13-12(15-9-11)7-10(3-5-18-13)4-6-19-2/h4,6-9H,3,5H2,1-2H3/b6-4-. The van der Waals surface area contributed by atoms with E-state index in [0.717, 1.165) is 17.7 Å². The van der Waals surface area contributed by atoms with Gasteiger partial charge in [0.25, 0.3) is 0 Å². The number of hydrogen-bond donors (Lipinski definition) is 0. The first kappa shape index (κ1) is 13.7. The molecule has 4 nitrogen and oxygen atoms in total. The molecule has 0 spiro atoms. The lowest BCUT2D eigenvalue weighted by Gasteiger charge is -2.06. The van der Waals surface area contributed by atoms with Gasteiger partial charge in [-0.1, -0.05) is 6.08 Å². The second kappa shape index (κ2) is 6.43. The number of fused-ring (bicyclic) bond motifs is 1. The Morgan fingerprint density at radius 3 is 3.16 bits per heavy atom. The van der Waals surface area contributed by atoms with E-state index in [2.05, 4.69) is 15.8 Å². The minimum Gasteiger partial charge on any atom is -0.491 e. The Kier molecular flexibility index (Phi) is 4.63. The van der Waals surface area contributed by atoms with E-state index in [4.69, 9.17) is 4.74 Å². The number of nitrogens with zero attached hydrogens (tertiary/aromatic N) is 1. The maximum Gasteiger partial charge on any atom is 0.339 e. The number of carbonyl (C=O) groups excluding carboxylic acids is 1. The van der Waals surface area contributed by atoms with Crippen molar-refractivity contribution in [2.45, 2.75) is 6.42 Å². The molecule has 0 saturated carbocycles. The maximum atomic E-state index is 11.4. The summed E-state index contributed by atoms with van der Waals surface area (Å²) >= 11 is 1.65. The maximum absolute atomic E-state index is 11.4. The van der Waals surface area contributed by atoms with E-state index in [-0.39, 0.29) is 0 Å². The summed E-state index contributed by atoms with van der Waals surface area (Å²) in [6, 6.07) is 1.67. The zero-order chi connectivity index (χ0) is 13.7. The van der Waals surface area contributed by atoms with E-state index >= 15 is 0 Å². The van der Waals surface area contributed by atoms with Crippen molar-refractivity contribution < 1.29 is 14.3 Å². The average molecular weight is 277 g/mol. The Balaban J connectivity index is 2.32. The van der Waals surface area contributed by atoms with E-state index in [0.29, 0.717) is 17.9 Å². The number of carbonyl (C=O) groups is 1. The van der Waals surface area contributed by atoms with Crippen LogP contribution in [0.1, 0.15) is 22.5 Å². The number of thioether (sulfide) groups is 1. The van der Waals surface area contributed by atoms with Crippen LogP contribution in [0.2, 0.25) is 0 Å². The molecule has 0 saturated heterocycles. The molecule has 0 fully saturated rings. The number of methoxy groups -OCH3 is 1. The lowest BCUT2D eigenvalue weighted by Crippen LogP contribution is -2.04. The highest BCUT2D eigenvalue weighted by Gasteiger charge is 2.14. The van der Waals surface area contributed by atoms with Crippen molar-refractivity contribution in [2.75, 3.05) is 20.0 Å². The van der Waals surface area contributed by atoms with E-state index in [9.17, 15) is 4.79 Å². The Hall–Kier alpha value is -1.75. The molecule has 0 amide bonds. The van der Waals surface area contributed by atoms with Crippen LogP contribution in [0, 0.1) is 0 Å². The molecule has 1 aromatic heterocycles. The van der Waals surface area contributed by atoms with Crippen molar-refractivity contribution >= 4 is 23.8 Å². The summed E-state index contributed by atoms with van der Waals surface area (Å²) < 4.78 is 10.3. The summed E-state index contributed by atoms with van der Waals surface area (Å²) in [4.78, 5) is 15.7. The Morgan fingerprint density at radius 1 is 1.58 bits per heavy atom. The number of hydrogen-bond acceptors (Lipinski definition) is 5. The fourth-order valence-electron chi connectivity index (χ4n) is 1.72. The van der Waals surface area contributed by atoms with Gasteiger partial charge in [0.15, 0.2) is 0 Å². The molecular weight excluding hydrogens is 262 g/mol. The largest absolute Gasteiger partial charge is 0.491 e. The fourth-order valence-corrected chi connectivity index (χ4v) is 2.03. The van der Waals surface area contributed by atoms with Crippen LogP contribution in [-0.4, -0.2) is 30.9 Å². The fraction of sp³-hybridized carbons (Fsp3) is 0.286. The zero-order valence-electron chi connectivity index (χ0n) is 10.9. The molecule has 19 heavy (non-hydrogen) atoms. The van der Waals surface area contributed by atoms with Crippen LogP contribution in [-0.2, 0) is 4.74 Å². The molecular formula is C14H15NO3S. The van der Waals surface area contributed by atoms with Gasteiger partial charge in [-0.3, -0.25) is 4.98 Å². The summed E-state index contributed by atoms with van der Waals surface area (Å²) in [6.07, 6.45) is 8.38.